The van der Waals surface area contributed by atoms with Crippen molar-refractivity contribution in [2.75, 3.05) is 20.8 Å². The van der Waals surface area contributed by atoms with E-state index in [0.29, 0.717) is 12.2 Å². The van der Waals surface area contributed by atoms with Gasteiger partial charge in [-0.2, -0.15) is 0 Å². The lowest BCUT2D eigenvalue weighted by molar-refractivity contribution is -0.207. The van der Waals surface area contributed by atoms with E-state index in [-0.39, 0.29) is 5.97 Å². The van der Waals surface area contributed by atoms with E-state index in [9.17, 15) is 4.79 Å². The third kappa shape index (κ3) is 4.80. The van der Waals surface area contributed by atoms with Gasteiger partial charge in [0.25, 0.3) is 0 Å². The Morgan fingerprint density at radius 3 is 2.33 bits per heavy atom. The van der Waals surface area contributed by atoms with E-state index in [4.69, 9.17) is 14.2 Å². The lowest BCUT2D eigenvalue weighted by Crippen LogP contribution is -2.43. The third-order valence-corrected chi connectivity index (χ3v) is 1.93. The zero-order chi connectivity index (χ0) is 11.9. The van der Waals surface area contributed by atoms with Crippen molar-refractivity contribution in [3.8, 4) is 0 Å². The van der Waals surface area contributed by atoms with Gasteiger partial charge >= 0.3 is 5.97 Å². The molecule has 0 heterocycles. The van der Waals surface area contributed by atoms with Crippen molar-refractivity contribution in [3.63, 3.8) is 0 Å². The molecule has 0 aromatic heterocycles. The molecule has 0 aliphatic carbocycles. The number of carbonyl (C=O) groups excluding carboxylic acids is 1. The van der Waals surface area contributed by atoms with Crippen LogP contribution in [0.15, 0.2) is 11.8 Å². The number of hydrogen-bond donors (Lipinski definition) is 1. The van der Waals surface area contributed by atoms with Crippen molar-refractivity contribution in [2.24, 2.45) is 0 Å². The lowest BCUT2D eigenvalue weighted by Gasteiger charge is -2.26. The summed E-state index contributed by atoms with van der Waals surface area (Å²) in [5, 5.41) is 2.83. The summed E-state index contributed by atoms with van der Waals surface area (Å²) in [4.78, 5) is 11.2. The van der Waals surface area contributed by atoms with Gasteiger partial charge in [0.2, 0.25) is 5.91 Å². The molecule has 0 unspecified atom stereocenters. The molecule has 0 atom stereocenters. The Kier molecular flexibility index (Phi) is 5.96. The topological polar surface area (TPSA) is 56.8 Å². The average molecular weight is 217 g/mol. The Balaban J connectivity index is 4.31. The van der Waals surface area contributed by atoms with Gasteiger partial charge in [-0.1, -0.05) is 0 Å². The predicted octanol–water partition coefficient (Wildman–Crippen LogP) is 1.01. The molecule has 0 fully saturated rings. The largest absolute Gasteiger partial charge is 0.463 e. The molecule has 5 nitrogen and oxygen atoms in total. The van der Waals surface area contributed by atoms with Gasteiger partial charge in [0.05, 0.1) is 6.61 Å². The van der Waals surface area contributed by atoms with Crippen LogP contribution >= 0.6 is 0 Å². The van der Waals surface area contributed by atoms with E-state index >= 15 is 0 Å². The maximum Gasteiger partial charge on any atom is 0.335 e. The first-order chi connectivity index (χ1) is 6.99. The maximum atomic E-state index is 11.2. The van der Waals surface area contributed by atoms with Crippen LogP contribution in [0.25, 0.3) is 0 Å². The van der Waals surface area contributed by atoms with Crippen LogP contribution in [0.5, 0.6) is 0 Å². The smallest absolute Gasteiger partial charge is 0.335 e. The van der Waals surface area contributed by atoms with Crippen LogP contribution in [-0.4, -0.2) is 32.7 Å². The zero-order valence-electron chi connectivity index (χ0n) is 9.92. The van der Waals surface area contributed by atoms with Crippen molar-refractivity contribution in [1.29, 1.82) is 0 Å². The second-order valence-corrected chi connectivity index (χ2v) is 3.05. The molecule has 15 heavy (non-hydrogen) atoms. The minimum absolute atomic E-state index is 0.357. The van der Waals surface area contributed by atoms with E-state index in [0.717, 1.165) is 0 Å². The summed E-state index contributed by atoms with van der Waals surface area (Å²) in [6, 6.07) is 0. The Hall–Kier alpha value is -1.07. The van der Waals surface area contributed by atoms with Gasteiger partial charge in [-0.15, -0.1) is 0 Å². The van der Waals surface area contributed by atoms with Gasteiger partial charge in [0, 0.05) is 32.9 Å². The molecule has 1 N–H and O–H groups in total. The van der Waals surface area contributed by atoms with Gasteiger partial charge in [-0.3, -0.25) is 0 Å². The van der Waals surface area contributed by atoms with Gasteiger partial charge < -0.3 is 19.5 Å². The van der Waals surface area contributed by atoms with Crippen molar-refractivity contribution in [1.82, 2.24) is 5.32 Å². The first-order valence-electron chi connectivity index (χ1n) is 4.71. The molecule has 0 saturated carbocycles. The summed E-state index contributed by atoms with van der Waals surface area (Å²) in [6.45, 7) is 5.46. The van der Waals surface area contributed by atoms with Crippen molar-refractivity contribution >= 4 is 5.97 Å². The highest BCUT2D eigenvalue weighted by molar-refractivity contribution is 5.87. The molecule has 0 radical (unpaired) electrons. The predicted molar refractivity (Wildman–Crippen MR) is 55.9 cm³/mol. The number of nitrogens with one attached hydrogen (secondary N) is 1. The third-order valence-electron chi connectivity index (χ3n) is 1.93. The zero-order valence-corrected chi connectivity index (χ0v) is 9.92. The SMILES string of the molecule is CCOC(=O)/C(C)=C/NC(C)(OC)OC. The molecular weight excluding hydrogens is 198 g/mol. The molecule has 0 saturated heterocycles. The summed E-state index contributed by atoms with van der Waals surface area (Å²) < 4.78 is 14.9. The fourth-order valence-electron chi connectivity index (χ4n) is 0.744. The normalized spacial score (nSPS) is 12.5. The highest BCUT2D eigenvalue weighted by Crippen LogP contribution is 2.05. The Morgan fingerprint density at radius 1 is 1.40 bits per heavy atom. The molecule has 0 rings (SSSR count). The molecule has 0 bridgehead atoms. The summed E-state index contributed by atoms with van der Waals surface area (Å²) in [5.41, 5.74) is 0.456. The van der Waals surface area contributed by atoms with E-state index in [2.05, 4.69) is 5.32 Å². The minimum atomic E-state index is -0.937. The summed E-state index contributed by atoms with van der Waals surface area (Å²) in [6.07, 6.45) is 1.50. The fraction of sp³-hybridized carbons (Fsp3) is 0.700. The standard InChI is InChI=1S/C10H19NO4/c1-6-15-9(12)8(2)7-11-10(3,13-4)14-5/h7,11H,6H2,1-5H3/b8-7+. The summed E-state index contributed by atoms with van der Waals surface area (Å²) in [7, 11) is 3.01. The highest BCUT2D eigenvalue weighted by Gasteiger charge is 2.20. The highest BCUT2D eigenvalue weighted by atomic mass is 16.7. The average Bonchev–Trinajstić information content (AvgIpc) is 2.25. The van der Waals surface area contributed by atoms with E-state index < -0.39 is 5.91 Å². The Labute approximate surface area is 90.4 Å². The molecule has 88 valence electrons. The molecule has 0 aliphatic rings. The van der Waals surface area contributed by atoms with Gasteiger partial charge in [0.1, 0.15) is 0 Å². The maximum absolute atomic E-state index is 11.2. The van der Waals surface area contributed by atoms with Crippen molar-refractivity contribution < 1.29 is 19.0 Å². The van der Waals surface area contributed by atoms with E-state index in [1.807, 2.05) is 0 Å². The Bertz CT molecular complexity index is 234. The van der Waals surface area contributed by atoms with Crippen LogP contribution < -0.4 is 5.32 Å². The van der Waals surface area contributed by atoms with Gasteiger partial charge in [-0.05, 0) is 13.8 Å². The van der Waals surface area contributed by atoms with Crippen LogP contribution in [0.1, 0.15) is 20.8 Å². The molecule has 0 spiro atoms. The monoisotopic (exact) mass is 217 g/mol. The van der Waals surface area contributed by atoms with Crippen LogP contribution in [0.2, 0.25) is 0 Å². The number of esters is 1. The van der Waals surface area contributed by atoms with Crippen LogP contribution in [-0.2, 0) is 19.0 Å². The number of ether oxygens (including phenoxy) is 3. The second kappa shape index (κ2) is 6.42. The summed E-state index contributed by atoms with van der Waals surface area (Å²) >= 11 is 0. The van der Waals surface area contributed by atoms with Gasteiger partial charge in [0.15, 0.2) is 0 Å². The van der Waals surface area contributed by atoms with Gasteiger partial charge in [-0.25, -0.2) is 4.79 Å². The molecule has 5 heteroatoms. The molecule has 0 aromatic rings. The Morgan fingerprint density at radius 2 is 1.93 bits per heavy atom. The first-order valence-corrected chi connectivity index (χ1v) is 4.71. The molecular formula is C10H19NO4. The number of methoxy groups -OCH3 is 2. The fourth-order valence-corrected chi connectivity index (χ4v) is 0.744. The quantitative estimate of drug-likeness (QED) is 0.409. The molecule has 0 amide bonds. The lowest BCUT2D eigenvalue weighted by atomic mass is 10.3. The first kappa shape index (κ1) is 13.9. The van der Waals surface area contributed by atoms with E-state index in [1.54, 1.807) is 20.8 Å². The number of hydrogen-bond acceptors (Lipinski definition) is 5. The molecule has 0 aliphatic heterocycles. The minimum Gasteiger partial charge on any atom is -0.463 e. The van der Waals surface area contributed by atoms with Crippen LogP contribution in [0.3, 0.4) is 0 Å². The van der Waals surface area contributed by atoms with Crippen LogP contribution in [0.4, 0.5) is 0 Å². The molecule has 0 aromatic carbocycles. The number of rotatable bonds is 6. The summed E-state index contributed by atoms with van der Waals surface area (Å²) in [5.74, 6) is -1.30. The van der Waals surface area contributed by atoms with Crippen LogP contribution in [0, 0.1) is 0 Å². The second-order valence-electron chi connectivity index (χ2n) is 3.05. The van der Waals surface area contributed by atoms with Crippen molar-refractivity contribution in [2.45, 2.75) is 26.7 Å². The van der Waals surface area contributed by atoms with Crippen molar-refractivity contribution in [3.05, 3.63) is 11.8 Å². The number of carbonyl (C=O) groups is 1. The van der Waals surface area contributed by atoms with E-state index in [1.165, 1.54) is 20.4 Å².